The number of nitrogens with zero attached hydrogens (tertiary/aromatic N) is 3. The van der Waals surface area contributed by atoms with E-state index in [2.05, 4.69) is 10.2 Å². The van der Waals surface area contributed by atoms with Gasteiger partial charge < -0.3 is 14.5 Å². The van der Waals surface area contributed by atoms with Gasteiger partial charge in [0.05, 0.1) is 0 Å². The molecule has 8 nitrogen and oxygen atoms in total. The summed E-state index contributed by atoms with van der Waals surface area (Å²) in [4.78, 5) is 37.9. The zero-order valence-corrected chi connectivity index (χ0v) is 11.2. The molecule has 0 aromatic carbocycles. The maximum Gasteiger partial charge on any atom is 0.274 e. The molecule has 1 fully saturated rings. The summed E-state index contributed by atoms with van der Waals surface area (Å²) in [6.07, 6.45) is 0. The minimum Gasteiger partial charge on any atom is -0.375 e. The highest BCUT2D eigenvalue weighted by Gasteiger charge is 2.25. The molecule has 1 saturated heterocycles. The summed E-state index contributed by atoms with van der Waals surface area (Å²) in [5.74, 6) is -0.332. The van der Waals surface area contributed by atoms with Crippen LogP contribution in [0.15, 0.2) is 16.9 Å². The molecule has 0 saturated carbocycles. The standard InChI is InChI=1S/C12H16N4O4/c1-20-8-11(18)15-4-6-16(7-5-15)12(19)9-2-3-10(17)14-13-9/h2-3H,4-8H2,1H3,(H,14,17). The summed E-state index contributed by atoms with van der Waals surface area (Å²) < 4.78 is 4.80. The van der Waals surface area contributed by atoms with Gasteiger partial charge in [0.15, 0.2) is 0 Å². The van der Waals surface area contributed by atoms with Crippen LogP contribution >= 0.6 is 0 Å². The molecule has 2 rings (SSSR count). The Morgan fingerprint density at radius 2 is 1.90 bits per heavy atom. The van der Waals surface area contributed by atoms with Gasteiger partial charge in [-0.05, 0) is 6.07 Å². The second-order valence-corrected chi connectivity index (χ2v) is 4.41. The number of aromatic nitrogens is 2. The number of carbonyl (C=O) groups excluding carboxylic acids is 2. The van der Waals surface area contributed by atoms with E-state index in [1.165, 1.54) is 19.2 Å². The minimum atomic E-state index is -0.350. The summed E-state index contributed by atoms with van der Waals surface area (Å²) in [6, 6.07) is 2.65. The molecule has 1 aromatic rings. The van der Waals surface area contributed by atoms with Crippen molar-refractivity contribution in [2.45, 2.75) is 0 Å². The number of H-pyrrole nitrogens is 1. The fourth-order valence-corrected chi connectivity index (χ4v) is 2.00. The third kappa shape index (κ3) is 3.21. The molecule has 0 unspecified atom stereocenters. The largest absolute Gasteiger partial charge is 0.375 e. The van der Waals surface area contributed by atoms with Gasteiger partial charge in [0.25, 0.3) is 11.5 Å². The molecule has 1 N–H and O–H groups in total. The van der Waals surface area contributed by atoms with Crippen molar-refractivity contribution in [3.05, 3.63) is 28.2 Å². The quantitative estimate of drug-likeness (QED) is 0.742. The molecule has 2 heterocycles. The van der Waals surface area contributed by atoms with Crippen LogP contribution in [0.25, 0.3) is 0 Å². The first-order valence-electron chi connectivity index (χ1n) is 6.23. The lowest BCUT2D eigenvalue weighted by Gasteiger charge is -2.34. The molecular weight excluding hydrogens is 264 g/mol. The molecule has 0 bridgehead atoms. The van der Waals surface area contributed by atoms with Gasteiger partial charge in [-0.15, -0.1) is 0 Å². The maximum absolute atomic E-state index is 12.1. The number of ether oxygens (including phenoxy) is 1. The van der Waals surface area contributed by atoms with Crippen molar-refractivity contribution in [1.29, 1.82) is 0 Å². The van der Waals surface area contributed by atoms with Crippen molar-refractivity contribution in [1.82, 2.24) is 20.0 Å². The van der Waals surface area contributed by atoms with E-state index in [0.29, 0.717) is 26.2 Å². The molecule has 1 aromatic heterocycles. The first kappa shape index (κ1) is 14.2. The Labute approximate surface area is 115 Å². The summed E-state index contributed by atoms with van der Waals surface area (Å²) in [7, 11) is 1.47. The van der Waals surface area contributed by atoms with Gasteiger partial charge in [-0.25, -0.2) is 5.10 Å². The molecule has 1 aliphatic rings. The van der Waals surface area contributed by atoms with Gasteiger partial charge in [-0.2, -0.15) is 5.10 Å². The third-order valence-corrected chi connectivity index (χ3v) is 3.09. The number of nitrogens with one attached hydrogen (secondary N) is 1. The second kappa shape index (κ2) is 6.29. The number of methoxy groups -OCH3 is 1. The van der Waals surface area contributed by atoms with Crippen LogP contribution in [0.3, 0.4) is 0 Å². The predicted molar refractivity (Wildman–Crippen MR) is 69.2 cm³/mol. The summed E-state index contributed by atoms with van der Waals surface area (Å²) >= 11 is 0. The Hall–Kier alpha value is -2.22. The maximum atomic E-state index is 12.1. The Morgan fingerprint density at radius 1 is 1.25 bits per heavy atom. The first-order chi connectivity index (χ1) is 9.61. The lowest BCUT2D eigenvalue weighted by atomic mass is 10.2. The van der Waals surface area contributed by atoms with Crippen molar-refractivity contribution in [3.8, 4) is 0 Å². The molecule has 0 aliphatic carbocycles. The van der Waals surface area contributed by atoms with Gasteiger partial charge in [0, 0.05) is 39.4 Å². The van der Waals surface area contributed by atoms with Crippen molar-refractivity contribution in [2.24, 2.45) is 0 Å². The smallest absolute Gasteiger partial charge is 0.274 e. The van der Waals surface area contributed by atoms with Gasteiger partial charge >= 0.3 is 0 Å². The summed E-state index contributed by atoms with van der Waals surface area (Å²) in [5.41, 5.74) is -0.155. The average Bonchev–Trinajstić information content (AvgIpc) is 2.48. The van der Waals surface area contributed by atoms with Gasteiger partial charge in [0.2, 0.25) is 5.91 Å². The summed E-state index contributed by atoms with van der Waals surface area (Å²) in [6.45, 7) is 1.87. The predicted octanol–water partition coefficient (Wildman–Crippen LogP) is -1.30. The molecule has 2 amide bonds. The average molecular weight is 280 g/mol. The highest BCUT2D eigenvalue weighted by atomic mass is 16.5. The zero-order chi connectivity index (χ0) is 14.5. The van der Waals surface area contributed by atoms with Crippen molar-refractivity contribution >= 4 is 11.8 Å². The van der Waals surface area contributed by atoms with Crippen LogP contribution in [-0.4, -0.2) is 71.7 Å². The van der Waals surface area contributed by atoms with E-state index < -0.39 is 0 Å². The third-order valence-electron chi connectivity index (χ3n) is 3.09. The number of rotatable bonds is 3. The van der Waals surface area contributed by atoms with Crippen LogP contribution in [0.4, 0.5) is 0 Å². The minimum absolute atomic E-state index is 0.0510. The zero-order valence-electron chi connectivity index (χ0n) is 11.2. The highest BCUT2D eigenvalue weighted by molar-refractivity contribution is 5.92. The number of hydrogen-bond acceptors (Lipinski definition) is 5. The van der Waals surface area contributed by atoms with Crippen molar-refractivity contribution in [3.63, 3.8) is 0 Å². The Morgan fingerprint density at radius 3 is 2.45 bits per heavy atom. The number of carbonyl (C=O) groups is 2. The lowest BCUT2D eigenvalue weighted by molar-refractivity contribution is -0.136. The van der Waals surface area contributed by atoms with E-state index in [1.54, 1.807) is 9.80 Å². The van der Waals surface area contributed by atoms with Crippen LogP contribution in [0.5, 0.6) is 0 Å². The molecular formula is C12H16N4O4. The Balaban J connectivity index is 1.93. The van der Waals surface area contributed by atoms with Gasteiger partial charge in [-0.3, -0.25) is 14.4 Å². The van der Waals surface area contributed by atoms with E-state index in [1.807, 2.05) is 0 Å². The van der Waals surface area contributed by atoms with Crippen LogP contribution in [0.2, 0.25) is 0 Å². The molecule has 0 atom stereocenters. The van der Waals surface area contributed by atoms with Crippen LogP contribution in [0.1, 0.15) is 10.5 Å². The number of hydrogen-bond donors (Lipinski definition) is 1. The van der Waals surface area contributed by atoms with E-state index in [-0.39, 0.29) is 29.7 Å². The van der Waals surface area contributed by atoms with Crippen LogP contribution in [-0.2, 0) is 9.53 Å². The normalized spacial score (nSPS) is 15.2. The monoisotopic (exact) mass is 280 g/mol. The Kier molecular flexibility index (Phi) is 4.46. The molecule has 108 valence electrons. The molecule has 1 aliphatic heterocycles. The lowest BCUT2D eigenvalue weighted by Crippen LogP contribution is -2.51. The van der Waals surface area contributed by atoms with Crippen LogP contribution in [0, 0.1) is 0 Å². The molecule has 8 heteroatoms. The molecule has 0 spiro atoms. The first-order valence-corrected chi connectivity index (χ1v) is 6.23. The van der Waals surface area contributed by atoms with E-state index in [4.69, 9.17) is 4.74 Å². The molecule has 0 radical (unpaired) electrons. The van der Waals surface area contributed by atoms with Gasteiger partial charge in [-0.1, -0.05) is 0 Å². The highest BCUT2D eigenvalue weighted by Crippen LogP contribution is 2.06. The SMILES string of the molecule is COCC(=O)N1CCN(C(=O)c2ccc(=O)[nH]n2)CC1. The van der Waals surface area contributed by atoms with Crippen LogP contribution < -0.4 is 5.56 Å². The number of piperazine rings is 1. The second-order valence-electron chi connectivity index (χ2n) is 4.41. The van der Waals surface area contributed by atoms with E-state index >= 15 is 0 Å². The van der Waals surface area contributed by atoms with Gasteiger partial charge in [0.1, 0.15) is 12.3 Å². The topological polar surface area (TPSA) is 95.6 Å². The van der Waals surface area contributed by atoms with Crippen molar-refractivity contribution < 1.29 is 14.3 Å². The summed E-state index contributed by atoms with van der Waals surface area (Å²) in [5, 5.41) is 5.94. The Bertz CT molecular complexity index is 528. The fraction of sp³-hybridized carbons (Fsp3) is 0.500. The fourth-order valence-electron chi connectivity index (χ4n) is 2.00. The molecule has 20 heavy (non-hydrogen) atoms. The van der Waals surface area contributed by atoms with Crippen molar-refractivity contribution in [2.75, 3.05) is 39.9 Å². The number of aromatic amines is 1. The van der Waals surface area contributed by atoms with E-state index in [0.717, 1.165) is 0 Å². The van der Waals surface area contributed by atoms with E-state index in [9.17, 15) is 14.4 Å². The number of amides is 2.